The van der Waals surface area contributed by atoms with E-state index in [4.69, 9.17) is 0 Å². The van der Waals surface area contributed by atoms with Crippen LogP contribution in [0.15, 0.2) is 260 Å². The van der Waals surface area contributed by atoms with Crippen molar-refractivity contribution in [2.45, 2.75) is 56.8 Å². The van der Waals surface area contributed by atoms with E-state index >= 15 is 0 Å². The summed E-state index contributed by atoms with van der Waals surface area (Å²) in [5.41, 5.74) is 31.7. The van der Waals surface area contributed by atoms with Crippen molar-refractivity contribution in [3.63, 3.8) is 0 Å². The van der Waals surface area contributed by atoms with Crippen LogP contribution in [-0.4, -0.2) is 4.57 Å². The summed E-state index contributed by atoms with van der Waals surface area (Å²) in [4.78, 5) is 2.52. The maximum atomic E-state index is 2.58. The molecule has 6 aliphatic rings. The first-order chi connectivity index (χ1) is 40.7. The van der Waals surface area contributed by atoms with Crippen molar-refractivity contribution in [3.05, 3.63) is 321 Å². The van der Waals surface area contributed by atoms with Crippen LogP contribution in [0.4, 0.5) is 17.1 Å². The third kappa shape index (κ3) is 6.67. The fourth-order valence-electron chi connectivity index (χ4n) is 15.9. The maximum Gasteiger partial charge on any atom is 0.0746 e. The molecule has 0 saturated heterocycles. The zero-order valence-electron chi connectivity index (χ0n) is 47.2. The van der Waals surface area contributed by atoms with Crippen LogP contribution in [0.1, 0.15) is 90.6 Å². The van der Waals surface area contributed by atoms with Gasteiger partial charge >= 0.3 is 0 Å². The molecule has 0 bridgehead atoms. The Morgan fingerprint density at radius 3 is 1.58 bits per heavy atom. The summed E-state index contributed by atoms with van der Waals surface area (Å²) in [7, 11) is 0. The highest BCUT2D eigenvalue weighted by atomic mass is 15.1. The zero-order chi connectivity index (χ0) is 55.3. The van der Waals surface area contributed by atoms with Crippen molar-refractivity contribution in [1.29, 1.82) is 0 Å². The second kappa shape index (κ2) is 17.6. The Labute approximate surface area is 486 Å². The van der Waals surface area contributed by atoms with E-state index in [1.165, 1.54) is 144 Å². The van der Waals surface area contributed by atoms with Crippen molar-refractivity contribution in [2.24, 2.45) is 0 Å². The molecule has 1 heterocycles. The first-order valence-corrected chi connectivity index (χ1v) is 29.6. The molecule has 83 heavy (non-hydrogen) atoms. The predicted octanol–water partition coefficient (Wildman–Crippen LogP) is 19.0. The van der Waals surface area contributed by atoms with Gasteiger partial charge < -0.3 is 9.47 Å². The lowest BCUT2D eigenvalue weighted by atomic mass is 9.70. The molecule has 6 aliphatic carbocycles. The standard InChI is InChI=1S/C81H60N2/c1-79(2)68-27-13-8-21-58(68)63-46-43-57(44-47-70(63)79)83-75-48-38-54(37-45-64(75)67-49-66-62-25-9-14-28-69(62)80(3,4)74(66)50-77(67)83)53-35-41-56(42-36-53)82(55-39-33-52(34-40-55)51-19-6-5-7-20-51)76-32-18-26-65-61-24-12-17-31-73(61)81(78(65)76)71-29-15-10-22-59(71)60-23-11-16-30-72(60)81/h5-36,38-46,48-50H,37,47H2,1-4H3. The average Bonchev–Trinajstić information content (AvgIpc) is 1.88. The molecule has 2 heteroatoms. The molecule has 1 aromatic heterocycles. The molecule has 394 valence electrons. The number of allylic oxidation sites excluding steroid dienone is 8. The fourth-order valence-corrected chi connectivity index (χ4v) is 15.9. The number of hydrogen-bond acceptors (Lipinski definition) is 1. The normalized spacial score (nSPS) is 16.4. The van der Waals surface area contributed by atoms with Crippen molar-refractivity contribution >= 4 is 57.0 Å². The van der Waals surface area contributed by atoms with Crippen LogP contribution >= 0.6 is 0 Å². The lowest BCUT2D eigenvalue weighted by molar-refractivity contribution is 0.626. The van der Waals surface area contributed by atoms with Gasteiger partial charge in [-0.3, -0.25) is 0 Å². The third-order valence-corrected chi connectivity index (χ3v) is 19.8. The van der Waals surface area contributed by atoms with Gasteiger partial charge in [0.05, 0.1) is 22.0 Å². The van der Waals surface area contributed by atoms with E-state index in [9.17, 15) is 0 Å². The summed E-state index contributed by atoms with van der Waals surface area (Å²) >= 11 is 0. The molecular weight excluding hydrogens is 1000 g/mol. The summed E-state index contributed by atoms with van der Waals surface area (Å²) in [6, 6.07) is 86.8. The zero-order valence-corrected chi connectivity index (χ0v) is 47.2. The molecule has 2 nitrogen and oxygen atoms in total. The van der Waals surface area contributed by atoms with E-state index in [1.54, 1.807) is 0 Å². The summed E-state index contributed by atoms with van der Waals surface area (Å²) in [6.07, 6.45) is 16.3. The molecule has 11 aromatic rings. The minimum Gasteiger partial charge on any atom is -0.310 e. The lowest BCUT2D eigenvalue weighted by Crippen LogP contribution is -2.28. The molecule has 0 aliphatic heterocycles. The first-order valence-electron chi connectivity index (χ1n) is 29.6. The smallest absolute Gasteiger partial charge is 0.0746 e. The van der Waals surface area contributed by atoms with Gasteiger partial charge in [-0.2, -0.15) is 0 Å². The number of hydrogen-bond donors (Lipinski definition) is 0. The molecule has 1 spiro atoms. The van der Waals surface area contributed by atoms with E-state index in [-0.39, 0.29) is 10.8 Å². The largest absolute Gasteiger partial charge is 0.310 e. The molecule has 0 unspecified atom stereocenters. The molecule has 0 saturated carbocycles. The Kier molecular flexibility index (Phi) is 10.2. The van der Waals surface area contributed by atoms with Crippen LogP contribution < -0.4 is 15.5 Å². The molecule has 0 N–H and O–H groups in total. The minimum absolute atomic E-state index is 0.0464. The monoisotopic (exact) mass is 1060 g/mol. The van der Waals surface area contributed by atoms with Crippen LogP contribution in [0.2, 0.25) is 0 Å². The number of aromatic nitrogens is 1. The van der Waals surface area contributed by atoms with E-state index in [1.807, 2.05) is 0 Å². The quantitative estimate of drug-likeness (QED) is 0.161. The van der Waals surface area contributed by atoms with Crippen molar-refractivity contribution in [3.8, 4) is 44.5 Å². The molecule has 0 fully saturated rings. The molecule has 0 amide bonds. The second-order valence-electron chi connectivity index (χ2n) is 24.6. The molecule has 10 aromatic carbocycles. The van der Waals surface area contributed by atoms with Crippen LogP contribution in [0.25, 0.3) is 84.4 Å². The van der Waals surface area contributed by atoms with Gasteiger partial charge in [-0.05, 0) is 173 Å². The number of benzene rings is 10. The van der Waals surface area contributed by atoms with Gasteiger partial charge in [-0.25, -0.2) is 0 Å². The van der Waals surface area contributed by atoms with Gasteiger partial charge in [0.1, 0.15) is 0 Å². The van der Waals surface area contributed by atoms with Gasteiger partial charge in [0.2, 0.25) is 0 Å². The van der Waals surface area contributed by atoms with Crippen LogP contribution in [-0.2, 0) is 16.2 Å². The summed E-state index contributed by atoms with van der Waals surface area (Å²) in [6.45, 7) is 9.60. The number of rotatable bonds is 6. The maximum absolute atomic E-state index is 2.58. The number of anilines is 3. The highest BCUT2D eigenvalue weighted by Crippen LogP contribution is 2.65. The Morgan fingerprint density at radius 1 is 0.398 bits per heavy atom. The van der Waals surface area contributed by atoms with Gasteiger partial charge in [-0.15, -0.1) is 0 Å². The Bertz CT molecular complexity index is 4810. The summed E-state index contributed by atoms with van der Waals surface area (Å²) < 4.78 is 2.58. The topological polar surface area (TPSA) is 8.17 Å². The van der Waals surface area contributed by atoms with Crippen LogP contribution in [0.5, 0.6) is 0 Å². The van der Waals surface area contributed by atoms with E-state index in [2.05, 4.69) is 304 Å². The summed E-state index contributed by atoms with van der Waals surface area (Å²) in [5.74, 6) is 0. The highest BCUT2D eigenvalue weighted by molar-refractivity contribution is 6.01. The third-order valence-electron chi connectivity index (χ3n) is 19.8. The van der Waals surface area contributed by atoms with Crippen LogP contribution in [0.3, 0.4) is 0 Å². The molecular formula is C81H60N2. The van der Waals surface area contributed by atoms with Crippen LogP contribution in [0, 0.1) is 0 Å². The molecule has 0 atom stereocenters. The van der Waals surface area contributed by atoms with Crippen molar-refractivity contribution in [2.75, 3.05) is 4.90 Å². The van der Waals surface area contributed by atoms with E-state index < -0.39 is 5.41 Å². The van der Waals surface area contributed by atoms with Crippen molar-refractivity contribution in [1.82, 2.24) is 4.57 Å². The number of fused-ring (bicyclic) bond motifs is 18. The average molecular weight is 1060 g/mol. The second-order valence-corrected chi connectivity index (χ2v) is 24.6. The Morgan fingerprint density at radius 2 is 0.928 bits per heavy atom. The first kappa shape index (κ1) is 48.0. The van der Waals surface area contributed by atoms with Gasteiger partial charge in [0.15, 0.2) is 0 Å². The van der Waals surface area contributed by atoms with E-state index in [0.29, 0.717) is 0 Å². The Hall–Kier alpha value is -9.76. The molecule has 0 radical (unpaired) electrons. The lowest BCUT2D eigenvalue weighted by Gasteiger charge is -2.36. The molecule has 17 rings (SSSR count). The minimum atomic E-state index is -0.518. The van der Waals surface area contributed by atoms with Crippen molar-refractivity contribution < 1.29 is 0 Å². The van der Waals surface area contributed by atoms with Gasteiger partial charge in [0, 0.05) is 44.1 Å². The fraction of sp³-hybridized carbons (Fsp3) is 0.111. The van der Waals surface area contributed by atoms with E-state index in [0.717, 1.165) is 24.2 Å². The number of nitrogens with zero attached hydrogens (tertiary/aromatic N) is 2. The van der Waals surface area contributed by atoms with Gasteiger partial charge in [0.25, 0.3) is 0 Å². The van der Waals surface area contributed by atoms with Gasteiger partial charge in [-0.1, -0.05) is 240 Å². The summed E-state index contributed by atoms with van der Waals surface area (Å²) in [5, 5.41) is 3.83. The highest BCUT2D eigenvalue weighted by Gasteiger charge is 2.53. The predicted molar refractivity (Wildman–Crippen MR) is 348 cm³/mol. The Balaban J connectivity index is 0.821. The SMILES string of the molecule is CC1(C)C2=C(C=CC(n3c4c(c5cc6c(cc53)C(C)(C)c3ccccc3-6)=CCC(c3ccc(N(c5ccc(-c6ccccc6)cc5)c5cccc6c5C5(c7ccccc7-c7ccccc75)c5ccccc5-6)cc3)=CC=4)=CC2)c2ccccc21.